The molecule has 1 aromatic carbocycles. The molecule has 0 atom stereocenters. The van der Waals surface area contributed by atoms with Crippen LogP contribution in [-0.4, -0.2) is 11.1 Å². The minimum absolute atomic E-state index is 0.885. The van der Waals surface area contributed by atoms with Gasteiger partial charge in [-0.05, 0) is 18.2 Å². The first kappa shape index (κ1) is 7.68. The Hall–Kier alpha value is -1.70. The summed E-state index contributed by atoms with van der Waals surface area (Å²) in [6.07, 6.45) is 4.23. The topological polar surface area (TPSA) is 8.17 Å². The van der Waals surface area contributed by atoms with Gasteiger partial charge in [-0.25, -0.2) is 0 Å². The lowest BCUT2D eigenvalue weighted by atomic mass is 10.2. The SMILES string of the molecule is [CH2]N1CC=Cn2c1cc1ccccc12. The molecule has 2 aromatic rings. The lowest BCUT2D eigenvalue weighted by Crippen LogP contribution is -2.19. The van der Waals surface area contributed by atoms with Gasteiger partial charge >= 0.3 is 0 Å². The standard InChI is InChI=1S/C12H11N2/c1-13-7-4-8-14-11-6-3-2-5-10(11)9-12(13)14/h2-6,8-9H,1,7H2. The second kappa shape index (κ2) is 2.64. The Labute approximate surface area is 83.1 Å². The maximum absolute atomic E-state index is 4.00. The highest BCUT2D eigenvalue weighted by molar-refractivity contribution is 5.88. The summed E-state index contributed by atoms with van der Waals surface area (Å²) in [5.41, 5.74) is 1.24. The molecule has 2 heteroatoms. The Morgan fingerprint density at radius 1 is 1.21 bits per heavy atom. The van der Waals surface area contributed by atoms with Crippen LogP contribution in [0.25, 0.3) is 17.1 Å². The average Bonchev–Trinajstić information content (AvgIpc) is 2.59. The van der Waals surface area contributed by atoms with Crippen molar-refractivity contribution in [1.29, 1.82) is 0 Å². The molecule has 0 amide bonds. The van der Waals surface area contributed by atoms with Crippen molar-refractivity contribution in [2.45, 2.75) is 0 Å². The third-order valence-electron chi connectivity index (χ3n) is 2.63. The van der Waals surface area contributed by atoms with E-state index in [0.717, 1.165) is 12.4 Å². The first-order chi connectivity index (χ1) is 6.86. The number of benzene rings is 1. The van der Waals surface area contributed by atoms with Crippen molar-refractivity contribution in [2.24, 2.45) is 0 Å². The van der Waals surface area contributed by atoms with Gasteiger partial charge in [-0.15, -0.1) is 0 Å². The molecule has 1 radical (unpaired) electrons. The van der Waals surface area contributed by atoms with Gasteiger partial charge in [-0.1, -0.05) is 18.2 Å². The number of nitrogens with zero attached hydrogens (tertiary/aromatic N) is 2. The molecule has 0 saturated carbocycles. The molecule has 14 heavy (non-hydrogen) atoms. The van der Waals surface area contributed by atoms with E-state index < -0.39 is 0 Å². The molecule has 0 unspecified atom stereocenters. The molecule has 0 fully saturated rings. The molecule has 0 bridgehead atoms. The Kier molecular flexibility index (Phi) is 1.45. The minimum Gasteiger partial charge on any atom is -0.352 e. The van der Waals surface area contributed by atoms with Crippen molar-refractivity contribution >= 4 is 22.9 Å². The molecule has 3 rings (SSSR count). The molecule has 1 aliphatic heterocycles. The van der Waals surface area contributed by atoms with Crippen LogP contribution >= 0.6 is 0 Å². The van der Waals surface area contributed by atoms with Crippen molar-refractivity contribution in [3.8, 4) is 0 Å². The summed E-state index contributed by atoms with van der Waals surface area (Å²) in [6, 6.07) is 10.5. The fourth-order valence-electron chi connectivity index (χ4n) is 1.93. The predicted octanol–water partition coefficient (Wildman–Crippen LogP) is 2.72. The lowest BCUT2D eigenvalue weighted by molar-refractivity contribution is 0.985. The zero-order chi connectivity index (χ0) is 9.54. The van der Waals surface area contributed by atoms with E-state index in [0.29, 0.717) is 0 Å². The van der Waals surface area contributed by atoms with Crippen LogP contribution in [-0.2, 0) is 0 Å². The first-order valence-electron chi connectivity index (χ1n) is 4.71. The van der Waals surface area contributed by atoms with Crippen LogP contribution < -0.4 is 4.90 Å². The van der Waals surface area contributed by atoms with Crippen LogP contribution in [0.2, 0.25) is 0 Å². The fourth-order valence-corrected chi connectivity index (χ4v) is 1.93. The van der Waals surface area contributed by atoms with Crippen molar-refractivity contribution in [2.75, 3.05) is 11.4 Å². The largest absolute Gasteiger partial charge is 0.352 e. The molecule has 69 valence electrons. The van der Waals surface area contributed by atoms with Gasteiger partial charge in [0.1, 0.15) is 5.82 Å². The number of hydrogen-bond donors (Lipinski definition) is 0. The van der Waals surface area contributed by atoms with Crippen LogP contribution in [0.5, 0.6) is 0 Å². The van der Waals surface area contributed by atoms with Crippen molar-refractivity contribution in [1.82, 2.24) is 4.57 Å². The maximum atomic E-state index is 4.00. The zero-order valence-electron chi connectivity index (χ0n) is 7.85. The molecular weight excluding hydrogens is 172 g/mol. The predicted molar refractivity (Wildman–Crippen MR) is 60.0 cm³/mol. The summed E-state index contributed by atoms with van der Waals surface area (Å²) in [6.45, 7) is 0.885. The van der Waals surface area contributed by atoms with Crippen LogP contribution in [0, 0.1) is 7.05 Å². The Morgan fingerprint density at radius 3 is 3.00 bits per heavy atom. The molecule has 1 aliphatic rings. The number of para-hydroxylation sites is 1. The van der Waals surface area contributed by atoms with Crippen LogP contribution in [0.4, 0.5) is 5.82 Å². The molecular formula is C12H11N2. The summed E-state index contributed by atoms with van der Waals surface area (Å²) in [5.74, 6) is 1.16. The summed E-state index contributed by atoms with van der Waals surface area (Å²) in [4.78, 5) is 2.00. The molecule has 0 spiro atoms. The summed E-state index contributed by atoms with van der Waals surface area (Å²) in [7, 11) is 4.00. The quantitative estimate of drug-likeness (QED) is 0.609. The zero-order valence-corrected chi connectivity index (χ0v) is 7.85. The fraction of sp³-hybridized carbons (Fsp3) is 0.0833. The molecule has 2 nitrogen and oxygen atoms in total. The second-order valence-corrected chi connectivity index (χ2v) is 3.54. The third kappa shape index (κ3) is 0.909. The van der Waals surface area contributed by atoms with Crippen LogP contribution in [0.3, 0.4) is 0 Å². The van der Waals surface area contributed by atoms with Gasteiger partial charge in [0.2, 0.25) is 0 Å². The van der Waals surface area contributed by atoms with E-state index in [-0.39, 0.29) is 0 Å². The Morgan fingerprint density at radius 2 is 2.07 bits per heavy atom. The first-order valence-corrected chi connectivity index (χ1v) is 4.71. The Bertz CT molecular complexity index is 508. The summed E-state index contributed by atoms with van der Waals surface area (Å²) < 4.78 is 2.17. The minimum atomic E-state index is 0.885. The summed E-state index contributed by atoms with van der Waals surface area (Å²) in [5, 5.41) is 1.27. The number of aromatic nitrogens is 1. The number of fused-ring (bicyclic) bond motifs is 3. The van der Waals surface area contributed by atoms with Gasteiger partial charge in [-0.2, -0.15) is 0 Å². The highest BCUT2D eigenvalue weighted by Crippen LogP contribution is 2.28. The smallest absolute Gasteiger partial charge is 0.114 e. The average molecular weight is 183 g/mol. The monoisotopic (exact) mass is 183 g/mol. The molecule has 2 heterocycles. The number of rotatable bonds is 0. The van der Waals surface area contributed by atoms with E-state index in [2.05, 4.69) is 54.2 Å². The molecule has 0 N–H and O–H groups in total. The van der Waals surface area contributed by atoms with E-state index in [1.54, 1.807) is 0 Å². The van der Waals surface area contributed by atoms with E-state index in [4.69, 9.17) is 0 Å². The van der Waals surface area contributed by atoms with E-state index in [9.17, 15) is 0 Å². The van der Waals surface area contributed by atoms with E-state index in [1.807, 2.05) is 4.90 Å². The van der Waals surface area contributed by atoms with E-state index >= 15 is 0 Å². The number of hydrogen-bond acceptors (Lipinski definition) is 1. The molecule has 0 saturated heterocycles. The van der Waals surface area contributed by atoms with Gasteiger partial charge in [0, 0.05) is 25.2 Å². The van der Waals surface area contributed by atoms with Crippen LogP contribution in [0.15, 0.2) is 36.4 Å². The highest BCUT2D eigenvalue weighted by Gasteiger charge is 2.12. The van der Waals surface area contributed by atoms with Gasteiger partial charge in [-0.3, -0.25) is 0 Å². The van der Waals surface area contributed by atoms with Gasteiger partial charge < -0.3 is 9.47 Å². The van der Waals surface area contributed by atoms with E-state index in [1.165, 1.54) is 10.9 Å². The third-order valence-corrected chi connectivity index (χ3v) is 2.63. The number of anilines is 1. The Balaban J connectivity index is 2.39. The maximum Gasteiger partial charge on any atom is 0.114 e. The van der Waals surface area contributed by atoms with Crippen LogP contribution in [0.1, 0.15) is 0 Å². The van der Waals surface area contributed by atoms with Crippen molar-refractivity contribution in [3.05, 3.63) is 43.5 Å². The van der Waals surface area contributed by atoms with Crippen molar-refractivity contribution < 1.29 is 0 Å². The van der Waals surface area contributed by atoms with Gasteiger partial charge in [0.25, 0.3) is 0 Å². The summed E-state index contributed by atoms with van der Waals surface area (Å²) >= 11 is 0. The second-order valence-electron chi connectivity index (χ2n) is 3.54. The molecule has 0 aliphatic carbocycles. The highest BCUT2D eigenvalue weighted by atomic mass is 15.2. The molecule has 1 aromatic heterocycles. The normalized spacial score (nSPS) is 14.8. The lowest BCUT2D eigenvalue weighted by Gasteiger charge is -2.21. The van der Waals surface area contributed by atoms with Crippen molar-refractivity contribution in [3.63, 3.8) is 0 Å². The van der Waals surface area contributed by atoms with Gasteiger partial charge in [0.05, 0.1) is 5.52 Å². The van der Waals surface area contributed by atoms with Gasteiger partial charge in [0.15, 0.2) is 0 Å².